The van der Waals surface area contributed by atoms with Crippen LogP contribution in [-0.4, -0.2) is 35.6 Å². The minimum atomic E-state index is 0.678. The van der Waals surface area contributed by atoms with Crippen molar-refractivity contribution in [3.8, 4) is 0 Å². The van der Waals surface area contributed by atoms with Gasteiger partial charge in [-0.1, -0.05) is 18.2 Å². The molecule has 3 nitrogen and oxygen atoms in total. The van der Waals surface area contributed by atoms with Crippen molar-refractivity contribution >= 4 is 10.9 Å². The minimum Gasteiger partial charge on any atom is -0.346 e. The molecule has 0 spiro atoms. The number of benzene rings is 1. The van der Waals surface area contributed by atoms with Crippen LogP contribution in [0.1, 0.15) is 17.7 Å². The van der Waals surface area contributed by atoms with Gasteiger partial charge in [-0.3, -0.25) is 4.90 Å². The molecule has 1 atom stereocenters. The summed E-state index contributed by atoms with van der Waals surface area (Å²) in [6, 6.07) is 9.37. The Labute approximate surface area is 115 Å². The van der Waals surface area contributed by atoms with Crippen molar-refractivity contribution in [3.63, 3.8) is 0 Å². The number of rotatable bonds is 3. The van der Waals surface area contributed by atoms with Crippen LogP contribution in [0.4, 0.5) is 0 Å². The normalized spacial score (nSPS) is 19.7. The molecule has 0 saturated carbocycles. The van der Waals surface area contributed by atoms with Crippen molar-refractivity contribution in [3.05, 3.63) is 35.5 Å². The highest BCUT2D eigenvalue weighted by molar-refractivity contribution is 5.85. The summed E-state index contributed by atoms with van der Waals surface area (Å²) in [7, 11) is 4.43. The summed E-state index contributed by atoms with van der Waals surface area (Å²) in [6.07, 6.45) is 1.26. The fourth-order valence-electron chi connectivity index (χ4n) is 3.24. The number of hydrogen-bond acceptors (Lipinski definition) is 2. The Morgan fingerprint density at radius 2 is 2.16 bits per heavy atom. The number of para-hydroxylation sites is 1. The molecule has 1 aromatic carbocycles. The van der Waals surface area contributed by atoms with E-state index in [2.05, 4.69) is 60.1 Å². The van der Waals surface area contributed by atoms with Crippen molar-refractivity contribution in [1.29, 1.82) is 0 Å². The third kappa shape index (κ3) is 2.17. The lowest BCUT2D eigenvalue weighted by Crippen LogP contribution is -2.33. The van der Waals surface area contributed by atoms with Gasteiger partial charge in [0.15, 0.2) is 0 Å². The zero-order valence-electron chi connectivity index (χ0n) is 12.1. The first-order valence-electron chi connectivity index (χ1n) is 7.12. The van der Waals surface area contributed by atoms with E-state index < -0.39 is 0 Å². The number of fused-ring (bicyclic) bond motifs is 1. The molecule has 2 aromatic rings. The Morgan fingerprint density at radius 3 is 2.84 bits per heavy atom. The van der Waals surface area contributed by atoms with Crippen LogP contribution in [0, 0.1) is 6.92 Å². The summed E-state index contributed by atoms with van der Waals surface area (Å²) in [5.74, 6) is 0. The Morgan fingerprint density at radius 1 is 1.37 bits per heavy atom. The standard InChI is InChI=1S/C16H23N3/c1-12-14-6-4-5-7-15(14)19(3)16(12)11-18(2)13-8-9-17-10-13/h4-7,13,17H,8-11H2,1-3H3. The molecule has 1 unspecified atom stereocenters. The quantitative estimate of drug-likeness (QED) is 0.910. The minimum absolute atomic E-state index is 0.678. The van der Waals surface area contributed by atoms with Crippen molar-refractivity contribution in [2.75, 3.05) is 20.1 Å². The average molecular weight is 257 g/mol. The smallest absolute Gasteiger partial charge is 0.0483 e. The maximum Gasteiger partial charge on any atom is 0.0483 e. The van der Waals surface area contributed by atoms with Crippen LogP contribution < -0.4 is 5.32 Å². The third-order valence-electron chi connectivity index (χ3n) is 4.56. The Kier molecular flexibility index (Phi) is 3.33. The molecule has 1 N–H and O–H groups in total. The molecule has 1 saturated heterocycles. The molecular weight excluding hydrogens is 234 g/mol. The molecule has 1 aromatic heterocycles. The zero-order valence-corrected chi connectivity index (χ0v) is 12.1. The molecule has 0 aliphatic carbocycles. The van der Waals surface area contributed by atoms with Crippen LogP contribution in [-0.2, 0) is 13.6 Å². The molecule has 102 valence electrons. The number of aromatic nitrogens is 1. The lowest BCUT2D eigenvalue weighted by molar-refractivity contribution is 0.243. The molecule has 2 heterocycles. The van der Waals surface area contributed by atoms with Crippen LogP contribution >= 0.6 is 0 Å². The fourth-order valence-corrected chi connectivity index (χ4v) is 3.24. The van der Waals surface area contributed by atoms with Crippen LogP contribution in [0.15, 0.2) is 24.3 Å². The molecule has 1 fully saturated rings. The van der Waals surface area contributed by atoms with Gasteiger partial charge in [-0.05, 0) is 38.6 Å². The highest BCUT2D eigenvalue weighted by Crippen LogP contribution is 2.25. The summed E-state index contributed by atoms with van der Waals surface area (Å²) >= 11 is 0. The molecule has 1 aliphatic heterocycles. The van der Waals surface area contributed by atoms with Crippen LogP contribution in [0.3, 0.4) is 0 Å². The van der Waals surface area contributed by atoms with Gasteiger partial charge in [0.1, 0.15) is 0 Å². The maximum atomic E-state index is 3.45. The van der Waals surface area contributed by atoms with E-state index >= 15 is 0 Å². The van der Waals surface area contributed by atoms with Crippen LogP contribution in [0.2, 0.25) is 0 Å². The average Bonchev–Trinajstić information content (AvgIpc) is 3.03. The first-order valence-corrected chi connectivity index (χ1v) is 7.12. The lowest BCUT2D eigenvalue weighted by Gasteiger charge is -2.24. The number of likely N-dealkylation sites (N-methyl/N-ethyl adjacent to an activating group) is 1. The summed E-state index contributed by atoms with van der Waals surface area (Å²) in [4.78, 5) is 2.49. The highest BCUT2D eigenvalue weighted by atomic mass is 15.2. The van der Waals surface area contributed by atoms with Crippen LogP contribution in [0.25, 0.3) is 10.9 Å². The van der Waals surface area contributed by atoms with Crippen molar-refractivity contribution in [2.24, 2.45) is 7.05 Å². The van der Waals surface area contributed by atoms with E-state index in [4.69, 9.17) is 0 Å². The predicted molar refractivity (Wildman–Crippen MR) is 80.4 cm³/mol. The van der Waals surface area contributed by atoms with Gasteiger partial charge in [-0.15, -0.1) is 0 Å². The summed E-state index contributed by atoms with van der Waals surface area (Å²) < 4.78 is 2.35. The Balaban J connectivity index is 1.92. The summed E-state index contributed by atoms with van der Waals surface area (Å²) in [5.41, 5.74) is 4.21. The Hall–Kier alpha value is -1.32. The number of nitrogens with zero attached hydrogens (tertiary/aromatic N) is 2. The van der Waals surface area contributed by atoms with E-state index in [1.807, 2.05) is 0 Å². The van der Waals surface area contributed by atoms with E-state index in [1.54, 1.807) is 0 Å². The van der Waals surface area contributed by atoms with E-state index in [1.165, 1.54) is 28.6 Å². The number of aryl methyl sites for hydroxylation is 2. The second-order valence-corrected chi connectivity index (χ2v) is 5.71. The first kappa shape index (κ1) is 12.7. The topological polar surface area (TPSA) is 20.2 Å². The van der Waals surface area contributed by atoms with Crippen molar-refractivity contribution < 1.29 is 0 Å². The molecule has 0 amide bonds. The van der Waals surface area contributed by atoms with Crippen molar-refractivity contribution in [1.82, 2.24) is 14.8 Å². The maximum absolute atomic E-state index is 3.45. The largest absolute Gasteiger partial charge is 0.346 e. The second-order valence-electron chi connectivity index (χ2n) is 5.71. The molecule has 1 aliphatic rings. The van der Waals surface area contributed by atoms with Gasteiger partial charge in [-0.25, -0.2) is 0 Å². The van der Waals surface area contributed by atoms with Gasteiger partial charge in [0, 0.05) is 42.8 Å². The number of nitrogens with one attached hydrogen (secondary N) is 1. The van der Waals surface area contributed by atoms with Crippen LogP contribution in [0.5, 0.6) is 0 Å². The molecule has 19 heavy (non-hydrogen) atoms. The van der Waals surface area contributed by atoms with E-state index in [0.29, 0.717) is 6.04 Å². The van der Waals surface area contributed by atoms with E-state index in [9.17, 15) is 0 Å². The molecule has 3 rings (SSSR count). The Bertz CT molecular complexity index is 540. The monoisotopic (exact) mass is 257 g/mol. The van der Waals surface area contributed by atoms with Gasteiger partial charge < -0.3 is 9.88 Å². The van der Waals surface area contributed by atoms with E-state index in [-0.39, 0.29) is 0 Å². The highest BCUT2D eigenvalue weighted by Gasteiger charge is 2.21. The summed E-state index contributed by atoms with van der Waals surface area (Å²) in [5, 5.41) is 4.83. The van der Waals surface area contributed by atoms with Gasteiger partial charge in [0.05, 0.1) is 0 Å². The first-order chi connectivity index (χ1) is 9.18. The predicted octanol–water partition coefficient (Wildman–Crippen LogP) is 2.28. The summed E-state index contributed by atoms with van der Waals surface area (Å²) in [6.45, 7) is 5.56. The molecule has 3 heteroatoms. The zero-order chi connectivity index (χ0) is 13.4. The van der Waals surface area contributed by atoms with E-state index in [0.717, 1.165) is 19.6 Å². The molecule has 0 bridgehead atoms. The van der Waals surface area contributed by atoms with Gasteiger partial charge in [0.25, 0.3) is 0 Å². The molecule has 0 radical (unpaired) electrons. The van der Waals surface area contributed by atoms with Gasteiger partial charge >= 0.3 is 0 Å². The molecular formula is C16H23N3. The number of hydrogen-bond donors (Lipinski definition) is 1. The SMILES string of the molecule is Cc1c(CN(C)C2CCNC2)n(C)c2ccccc12. The fraction of sp³-hybridized carbons (Fsp3) is 0.500. The third-order valence-corrected chi connectivity index (χ3v) is 4.56. The van der Waals surface area contributed by atoms with Gasteiger partial charge in [0.2, 0.25) is 0 Å². The lowest BCUT2D eigenvalue weighted by atomic mass is 10.1. The van der Waals surface area contributed by atoms with Crippen molar-refractivity contribution in [2.45, 2.75) is 25.9 Å². The second kappa shape index (κ2) is 4.99. The van der Waals surface area contributed by atoms with Gasteiger partial charge in [-0.2, -0.15) is 0 Å².